The lowest BCUT2D eigenvalue weighted by atomic mass is 10.2. The normalized spacial score (nSPS) is 10.2. The van der Waals surface area contributed by atoms with Crippen LogP contribution in [0, 0.1) is 0 Å². The molecule has 0 spiro atoms. The Hall–Kier alpha value is -2.10. The van der Waals surface area contributed by atoms with E-state index in [2.05, 4.69) is 4.98 Å². The van der Waals surface area contributed by atoms with Gasteiger partial charge in [-0.2, -0.15) is 0 Å². The summed E-state index contributed by atoms with van der Waals surface area (Å²) in [5, 5.41) is 0. The Morgan fingerprint density at radius 1 is 1.29 bits per heavy atom. The summed E-state index contributed by atoms with van der Waals surface area (Å²) in [7, 11) is 0. The lowest BCUT2D eigenvalue weighted by Gasteiger charge is -2.19. The van der Waals surface area contributed by atoms with Gasteiger partial charge in [0.2, 0.25) is 5.91 Å². The molecule has 1 amide bonds. The highest BCUT2D eigenvalue weighted by atomic mass is 16.3. The molecule has 2 aromatic heterocycles. The van der Waals surface area contributed by atoms with Crippen molar-refractivity contribution in [1.29, 1.82) is 0 Å². The molecule has 0 radical (unpaired) electrons. The van der Waals surface area contributed by atoms with Crippen LogP contribution in [-0.2, 0) is 17.9 Å². The predicted molar refractivity (Wildman–Crippen MR) is 62.9 cm³/mol. The molecule has 0 unspecified atom stereocenters. The van der Waals surface area contributed by atoms with Crippen molar-refractivity contribution in [2.75, 3.05) is 0 Å². The van der Waals surface area contributed by atoms with E-state index in [1.165, 1.54) is 0 Å². The fraction of sp³-hybridized carbons (Fsp3) is 0.231. The second kappa shape index (κ2) is 5.30. The summed E-state index contributed by atoms with van der Waals surface area (Å²) in [6.45, 7) is 2.62. The van der Waals surface area contributed by atoms with Gasteiger partial charge in [-0.25, -0.2) is 0 Å². The fourth-order valence-electron chi connectivity index (χ4n) is 1.58. The Labute approximate surface area is 99.9 Å². The topological polar surface area (TPSA) is 46.3 Å². The summed E-state index contributed by atoms with van der Waals surface area (Å²) >= 11 is 0. The highest BCUT2D eigenvalue weighted by Gasteiger charge is 2.11. The zero-order chi connectivity index (χ0) is 12.1. The van der Waals surface area contributed by atoms with Crippen molar-refractivity contribution >= 4 is 5.91 Å². The molecule has 0 N–H and O–H groups in total. The van der Waals surface area contributed by atoms with E-state index in [4.69, 9.17) is 4.42 Å². The summed E-state index contributed by atoms with van der Waals surface area (Å²) in [5.41, 5.74) is 1.06. The van der Waals surface area contributed by atoms with E-state index < -0.39 is 0 Å². The van der Waals surface area contributed by atoms with Gasteiger partial charge < -0.3 is 9.32 Å². The van der Waals surface area contributed by atoms with Gasteiger partial charge in [0.1, 0.15) is 5.76 Å². The Morgan fingerprint density at radius 3 is 2.65 bits per heavy atom. The van der Waals surface area contributed by atoms with Crippen molar-refractivity contribution in [3.05, 3.63) is 54.2 Å². The highest BCUT2D eigenvalue weighted by Crippen LogP contribution is 2.10. The van der Waals surface area contributed by atoms with Gasteiger partial charge in [0.05, 0.1) is 12.8 Å². The summed E-state index contributed by atoms with van der Waals surface area (Å²) in [4.78, 5) is 17.2. The van der Waals surface area contributed by atoms with Crippen LogP contribution in [0.3, 0.4) is 0 Å². The van der Waals surface area contributed by atoms with E-state index in [0.29, 0.717) is 13.1 Å². The Balaban J connectivity index is 2.06. The first-order valence-electron chi connectivity index (χ1n) is 5.42. The van der Waals surface area contributed by atoms with Gasteiger partial charge in [-0.15, -0.1) is 0 Å². The van der Waals surface area contributed by atoms with Crippen LogP contribution in [0.2, 0.25) is 0 Å². The molecule has 2 rings (SSSR count). The van der Waals surface area contributed by atoms with Crippen LogP contribution in [0.25, 0.3) is 0 Å². The smallest absolute Gasteiger partial charge is 0.220 e. The third kappa shape index (κ3) is 3.17. The lowest BCUT2D eigenvalue weighted by Crippen LogP contribution is -2.27. The van der Waals surface area contributed by atoms with Crippen LogP contribution in [0.1, 0.15) is 18.2 Å². The summed E-state index contributed by atoms with van der Waals surface area (Å²) in [5.74, 6) is 0.812. The number of pyridine rings is 1. The Morgan fingerprint density at radius 2 is 2.06 bits per heavy atom. The van der Waals surface area contributed by atoms with Crippen LogP contribution in [0.5, 0.6) is 0 Å². The molecule has 0 fully saturated rings. The molecule has 0 atom stereocenters. The van der Waals surface area contributed by atoms with Crippen LogP contribution < -0.4 is 0 Å². The van der Waals surface area contributed by atoms with E-state index in [1.54, 1.807) is 30.5 Å². The number of hydrogen-bond acceptors (Lipinski definition) is 3. The molecule has 2 aromatic rings. The zero-order valence-electron chi connectivity index (χ0n) is 9.67. The minimum absolute atomic E-state index is 0.0261. The molecule has 0 bridgehead atoms. The number of nitrogens with zero attached hydrogens (tertiary/aromatic N) is 2. The van der Waals surface area contributed by atoms with Crippen molar-refractivity contribution in [3.8, 4) is 0 Å². The third-order valence-corrected chi connectivity index (χ3v) is 2.49. The van der Waals surface area contributed by atoms with Crippen molar-refractivity contribution in [1.82, 2.24) is 9.88 Å². The molecular weight excluding hydrogens is 216 g/mol. The highest BCUT2D eigenvalue weighted by molar-refractivity contribution is 5.73. The van der Waals surface area contributed by atoms with Gasteiger partial charge in [-0.3, -0.25) is 9.78 Å². The molecule has 4 heteroatoms. The van der Waals surface area contributed by atoms with Gasteiger partial charge >= 0.3 is 0 Å². The molecule has 0 aliphatic heterocycles. The van der Waals surface area contributed by atoms with E-state index >= 15 is 0 Å². The molecule has 0 aliphatic carbocycles. The molecule has 88 valence electrons. The summed E-state index contributed by atoms with van der Waals surface area (Å²) < 4.78 is 5.25. The van der Waals surface area contributed by atoms with Crippen molar-refractivity contribution < 1.29 is 9.21 Å². The summed E-state index contributed by atoms with van der Waals surface area (Å²) in [6.07, 6.45) is 5.06. The monoisotopic (exact) mass is 230 g/mol. The molecule has 0 aromatic carbocycles. The van der Waals surface area contributed by atoms with Crippen LogP contribution in [-0.4, -0.2) is 15.8 Å². The maximum atomic E-state index is 11.5. The number of carbonyl (C=O) groups excluding carboxylic acids is 1. The average molecular weight is 230 g/mol. The van der Waals surface area contributed by atoms with Gasteiger partial charge in [0, 0.05) is 25.9 Å². The van der Waals surface area contributed by atoms with E-state index in [-0.39, 0.29) is 5.91 Å². The predicted octanol–water partition coefficient (Wildman–Crippen LogP) is 2.22. The van der Waals surface area contributed by atoms with Crippen molar-refractivity contribution in [3.63, 3.8) is 0 Å². The fourth-order valence-corrected chi connectivity index (χ4v) is 1.58. The average Bonchev–Trinajstić information content (AvgIpc) is 2.82. The standard InChI is InChI=1S/C13H14N2O2/c1-11(16)15(10-13-3-2-8-17-13)9-12-4-6-14-7-5-12/h2-8H,9-10H2,1H3. The molecule has 0 saturated carbocycles. The second-order valence-corrected chi connectivity index (χ2v) is 3.81. The van der Waals surface area contributed by atoms with Gasteiger partial charge in [-0.05, 0) is 29.8 Å². The SMILES string of the molecule is CC(=O)N(Cc1ccncc1)Cc1ccco1. The van der Waals surface area contributed by atoms with Crippen LogP contribution >= 0.6 is 0 Å². The van der Waals surface area contributed by atoms with Gasteiger partial charge in [0.25, 0.3) is 0 Å². The van der Waals surface area contributed by atoms with Gasteiger partial charge in [0.15, 0.2) is 0 Å². The Bertz CT molecular complexity index is 465. The first-order valence-corrected chi connectivity index (χ1v) is 5.42. The number of amides is 1. The molecular formula is C13H14N2O2. The third-order valence-electron chi connectivity index (χ3n) is 2.49. The Kier molecular flexibility index (Phi) is 3.55. The molecule has 2 heterocycles. The number of aromatic nitrogens is 1. The van der Waals surface area contributed by atoms with Crippen LogP contribution in [0.4, 0.5) is 0 Å². The van der Waals surface area contributed by atoms with E-state index in [0.717, 1.165) is 11.3 Å². The molecule has 4 nitrogen and oxygen atoms in total. The first-order chi connectivity index (χ1) is 8.25. The number of hydrogen-bond donors (Lipinski definition) is 0. The van der Waals surface area contributed by atoms with Crippen molar-refractivity contribution in [2.45, 2.75) is 20.0 Å². The van der Waals surface area contributed by atoms with Gasteiger partial charge in [-0.1, -0.05) is 0 Å². The minimum Gasteiger partial charge on any atom is -0.467 e. The zero-order valence-corrected chi connectivity index (χ0v) is 9.67. The first kappa shape index (κ1) is 11.4. The van der Waals surface area contributed by atoms with E-state index in [1.807, 2.05) is 24.3 Å². The quantitative estimate of drug-likeness (QED) is 0.809. The number of rotatable bonds is 4. The lowest BCUT2D eigenvalue weighted by molar-refractivity contribution is -0.130. The maximum absolute atomic E-state index is 11.5. The molecule has 0 aliphatic rings. The largest absolute Gasteiger partial charge is 0.467 e. The van der Waals surface area contributed by atoms with E-state index in [9.17, 15) is 4.79 Å². The second-order valence-electron chi connectivity index (χ2n) is 3.81. The number of carbonyl (C=O) groups is 1. The van der Waals surface area contributed by atoms with Crippen molar-refractivity contribution in [2.24, 2.45) is 0 Å². The summed E-state index contributed by atoms with van der Waals surface area (Å²) in [6, 6.07) is 7.48. The van der Waals surface area contributed by atoms with Crippen LogP contribution in [0.15, 0.2) is 47.3 Å². The maximum Gasteiger partial charge on any atom is 0.220 e. The molecule has 0 saturated heterocycles. The minimum atomic E-state index is 0.0261. The molecule has 17 heavy (non-hydrogen) atoms. The number of furan rings is 1.